The van der Waals surface area contributed by atoms with Crippen molar-refractivity contribution in [3.8, 4) is 0 Å². The molecule has 2 nitrogen and oxygen atoms in total. The molecule has 2 bridgehead atoms. The minimum atomic E-state index is -0.0875. The van der Waals surface area contributed by atoms with Crippen molar-refractivity contribution >= 4 is 0 Å². The molecule has 1 N–H and O–H groups in total. The van der Waals surface area contributed by atoms with Crippen LogP contribution in [-0.4, -0.2) is 24.9 Å². The zero-order valence-corrected chi connectivity index (χ0v) is 9.98. The molecule has 2 aliphatic rings. The highest BCUT2D eigenvalue weighted by Crippen LogP contribution is 2.50. The summed E-state index contributed by atoms with van der Waals surface area (Å²) in [5.74, 6) is 2.75. The SMILES string of the molecule is COCCC(C)C(O)C1CC2CCC1C2. The molecule has 0 spiro atoms. The molecule has 0 aromatic rings. The maximum Gasteiger partial charge on any atom is 0.0597 e. The molecular weight excluding hydrogens is 188 g/mol. The van der Waals surface area contributed by atoms with Crippen LogP contribution in [0.15, 0.2) is 0 Å². The van der Waals surface area contributed by atoms with Gasteiger partial charge in [-0.1, -0.05) is 13.3 Å². The second-order valence-electron chi connectivity index (χ2n) is 5.59. The zero-order valence-electron chi connectivity index (χ0n) is 9.98. The fourth-order valence-corrected chi connectivity index (χ4v) is 3.61. The van der Waals surface area contributed by atoms with E-state index in [-0.39, 0.29) is 6.10 Å². The molecule has 0 amide bonds. The highest BCUT2D eigenvalue weighted by atomic mass is 16.5. The largest absolute Gasteiger partial charge is 0.393 e. The van der Waals surface area contributed by atoms with Gasteiger partial charge in [-0.3, -0.25) is 0 Å². The lowest BCUT2D eigenvalue weighted by atomic mass is 9.79. The van der Waals surface area contributed by atoms with E-state index in [1.54, 1.807) is 7.11 Å². The molecule has 0 radical (unpaired) electrons. The maximum atomic E-state index is 10.3. The lowest BCUT2D eigenvalue weighted by Crippen LogP contribution is -2.31. The quantitative estimate of drug-likeness (QED) is 0.758. The fourth-order valence-electron chi connectivity index (χ4n) is 3.61. The van der Waals surface area contributed by atoms with Crippen LogP contribution in [0.2, 0.25) is 0 Å². The second kappa shape index (κ2) is 4.84. The molecule has 0 heterocycles. The van der Waals surface area contributed by atoms with Gasteiger partial charge in [0.2, 0.25) is 0 Å². The van der Waals surface area contributed by atoms with Crippen molar-refractivity contribution in [1.82, 2.24) is 0 Å². The Morgan fingerprint density at radius 2 is 2.13 bits per heavy atom. The van der Waals surface area contributed by atoms with Crippen molar-refractivity contribution in [3.05, 3.63) is 0 Å². The van der Waals surface area contributed by atoms with Crippen LogP contribution in [-0.2, 0) is 4.74 Å². The van der Waals surface area contributed by atoms with Gasteiger partial charge in [-0.05, 0) is 49.4 Å². The number of aliphatic hydroxyl groups excluding tert-OH is 1. The molecule has 2 rings (SSSR count). The Morgan fingerprint density at radius 3 is 2.67 bits per heavy atom. The summed E-state index contributed by atoms with van der Waals surface area (Å²) in [7, 11) is 1.73. The van der Waals surface area contributed by atoms with E-state index < -0.39 is 0 Å². The molecule has 88 valence electrons. The fraction of sp³-hybridized carbons (Fsp3) is 1.00. The Morgan fingerprint density at radius 1 is 1.33 bits per heavy atom. The van der Waals surface area contributed by atoms with Crippen molar-refractivity contribution in [1.29, 1.82) is 0 Å². The molecule has 0 aromatic heterocycles. The summed E-state index contributed by atoms with van der Waals surface area (Å²) >= 11 is 0. The minimum Gasteiger partial charge on any atom is -0.393 e. The van der Waals surface area contributed by atoms with E-state index in [1.807, 2.05) is 0 Å². The van der Waals surface area contributed by atoms with Gasteiger partial charge in [-0.25, -0.2) is 0 Å². The van der Waals surface area contributed by atoms with E-state index in [1.165, 1.54) is 25.7 Å². The van der Waals surface area contributed by atoms with Gasteiger partial charge in [0.05, 0.1) is 6.10 Å². The Labute approximate surface area is 93.0 Å². The average Bonchev–Trinajstić information content (AvgIpc) is 2.86. The van der Waals surface area contributed by atoms with E-state index >= 15 is 0 Å². The first kappa shape index (κ1) is 11.4. The van der Waals surface area contributed by atoms with Crippen molar-refractivity contribution < 1.29 is 9.84 Å². The summed E-state index contributed by atoms with van der Waals surface area (Å²) in [6.45, 7) is 2.94. The van der Waals surface area contributed by atoms with Crippen LogP contribution in [0.3, 0.4) is 0 Å². The molecule has 2 heteroatoms. The lowest BCUT2D eigenvalue weighted by Gasteiger charge is -2.30. The first-order chi connectivity index (χ1) is 7.22. The second-order valence-corrected chi connectivity index (χ2v) is 5.59. The Kier molecular flexibility index (Phi) is 3.68. The Hall–Kier alpha value is -0.0800. The van der Waals surface area contributed by atoms with Crippen LogP contribution >= 0.6 is 0 Å². The minimum absolute atomic E-state index is 0.0875. The van der Waals surface area contributed by atoms with Crippen molar-refractivity contribution in [3.63, 3.8) is 0 Å². The Bertz CT molecular complexity index is 205. The van der Waals surface area contributed by atoms with Crippen molar-refractivity contribution in [2.75, 3.05) is 13.7 Å². The Balaban J connectivity index is 1.82. The molecule has 15 heavy (non-hydrogen) atoms. The molecule has 2 saturated carbocycles. The molecule has 0 aromatic carbocycles. The number of methoxy groups -OCH3 is 1. The summed E-state index contributed by atoms with van der Waals surface area (Å²) in [5, 5.41) is 10.3. The van der Waals surface area contributed by atoms with Gasteiger partial charge in [0.1, 0.15) is 0 Å². The van der Waals surface area contributed by atoms with Crippen LogP contribution in [0.25, 0.3) is 0 Å². The first-order valence-electron chi connectivity index (χ1n) is 6.39. The third-order valence-electron chi connectivity index (χ3n) is 4.59. The highest BCUT2D eigenvalue weighted by molar-refractivity contribution is 4.94. The average molecular weight is 212 g/mol. The summed E-state index contributed by atoms with van der Waals surface area (Å²) in [6, 6.07) is 0. The molecule has 5 atom stereocenters. The predicted molar refractivity (Wildman–Crippen MR) is 60.6 cm³/mol. The monoisotopic (exact) mass is 212 g/mol. The van der Waals surface area contributed by atoms with E-state index in [2.05, 4.69) is 6.92 Å². The normalized spacial score (nSPS) is 38.2. The van der Waals surface area contributed by atoms with Crippen LogP contribution < -0.4 is 0 Å². The van der Waals surface area contributed by atoms with Gasteiger partial charge in [-0.2, -0.15) is 0 Å². The topological polar surface area (TPSA) is 29.5 Å². The zero-order chi connectivity index (χ0) is 10.8. The number of hydrogen-bond acceptors (Lipinski definition) is 2. The van der Waals surface area contributed by atoms with Gasteiger partial charge in [0.15, 0.2) is 0 Å². The summed E-state index contributed by atoms with van der Waals surface area (Å²) in [5.41, 5.74) is 0. The molecule has 0 aliphatic heterocycles. The van der Waals surface area contributed by atoms with Crippen LogP contribution in [0.1, 0.15) is 39.0 Å². The van der Waals surface area contributed by atoms with Crippen LogP contribution in [0.4, 0.5) is 0 Å². The number of fused-ring (bicyclic) bond motifs is 2. The third-order valence-corrected chi connectivity index (χ3v) is 4.59. The van der Waals surface area contributed by atoms with Gasteiger partial charge in [0.25, 0.3) is 0 Å². The molecule has 2 fully saturated rings. The van der Waals surface area contributed by atoms with Crippen molar-refractivity contribution in [2.24, 2.45) is 23.7 Å². The third kappa shape index (κ3) is 2.36. The molecular formula is C13H24O2. The van der Waals surface area contributed by atoms with E-state index in [9.17, 15) is 5.11 Å². The maximum absolute atomic E-state index is 10.3. The van der Waals surface area contributed by atoms with Crippen molar-refractivity contribution in [2.45, 2.75) is 45.1 Å². The smallest absolute Gasteiger partial charge is 0.0597 e. The standard InChI is InChI=1S/C13H24O2/c1-9(5-6-15-2)13(14)12-8-10-3-4-11(12)7-10/h9-14H,3-8H2,1-2H3. The predicted octanol–water partition coefficient (Wildman–Crippen LogP) is 2.46. The molecule has 2 aliphatic carbocycles. The molecule has 5 unspecified atom stereocenters. The highest BCUT2D eigenvalue weighted by Gasteiger charge is 2.43. The van der Waals surface area contributed by atoms with Gasteiger partial charge in [0, 0.05) is 13.7 Å². The first-order valence-corrected chi connectivity index (χ1v) is 6.39. The number of ether oxygens (including phenoxy) is 1. The van der Waals surface area contributed by atoms with E-state index in [0.717, 1.165) is 24.9 Å². The van der Waals surface area contributed by atoms with Gasteiger partial charge in [-0.15, -0.1) is 0 Å². The number of aliphatic hydroxyl groups is 1. The number of rotatable bonds is 5. The lowest BCUT2D eigenvalue weighted by molar-refractivity contribution is 0.0194. The van der Waals surface area contributed by atoms with Gasteiger partial charge < -0.3 is 9.84 Å². The summed E-state index contributed by atoms with van der Waals surface area (Å²) in [4.78, 5) is 0. The summed E-state index contributed by atoms with van der Waals surface area (Å²) < 4.78 is 5.08. The van der Waals surface area contributed by atoms with E-state index in [4.69, 9.17) is 4.74 Å². The van der Waals surface area contributed by atoms with Crippen LogP contribution in [0.5, 0.6) is 0 Å². The van der Waals surface area contributed by atoms with Gasteiger partial charge >= 0.3 is 0 Å². The summed E-state index contributed by atoms with van der Waals surface area (Å²) in [6.07, 6.45) is 6.35. The van der Waals surface area contributed by atoms with E-state index in [0.29, 0.717) is 11.8 Å². The number of hydrogen-bond donors (Lipinski definition) is 1. The molecule has 0 saturated heterocycles. The van der Waals surface area contributed by atoms with Crippen LogP contribution in [0, 0.1) is 23.7 Å².